The lowest BCUT2D eigenvalue weighted by atomic mass is 9.94. The summed E-state index contributed by atoms with van der Waals surface area (Å²) in [7, 11) is 3.77. The Bertz CT molecular complexity index is 1700. The van der Waals surface area contributed by atoms with E-state index in [4.69, 9.17) is 9.84 Å². The minimum absolute atomic E-state index is 0.0779. The fraction of sp³-hybridized carbons (Fsp3) is 0.378. The third-order valence-corrected chi connectivity index (χ3v) is 9.43. The number of ether oxygens (including phenoxy) is 1. The van der Waals surface area contributed by atoms with Gasteiger partial charge in [0.15, 0.2) is 0 Å². The zero-order valence-corrected chi connectivity index (χ0v) is 27.8. The molecule has 0 radical (unpaired) electrons. The van der Waals surface area contributed by atoms with Gasteiger partial charge in [-0.2, -0.15) is 5.10 Å². The van der Waals surface area contributed by atoms with E-state index in [1.165, 1.54) is 6.07 Å². The number of piperidine rings is 1. The van der Waals surface area contributed by atoms with Crippen LogP contribution in [0.2, 0.25) is 0 Å². The van der Waals surface area contributed by atoms with E-state index >= 15 is 0 Å². The van der Waals surface area contributed by atoms with Crippen molar-refractivity contribution < 1.29 is 18.7 Å². The summed E-state index contributed by atoms with van der Waals surface area (Å²) in [6, 6.07) is 23.2. The molecule has 3 N–H and O–H groups in total. The van der Waals surface area contributed by atoms with Gasteiger partial charge in [-0.3, -0.25) is 15.0 Å². The van der Waals surface area contributed by atoms with Gasteiger partial charge >= 0.3 is 6.03 Å². The first-order chi connectivity index (χ1) is 23.3. The van der Waals surface area contributed by atoms with Crippen LogP contribution in [0.3, 0.4) is 0 Å². The number of benzene rings is 3. The summed E-state index contributed by atoms with van der Waals surface area (Å²) in [5.41, 5.74) is 4.54. The second-order valence-electron chi connectivity index (χ2n) is 12.8. The molecule has 4 aromatic rings. The van der Waals surface area contributed by atoms with Gasteiger partial charge in [0.25, 0.3) is 5.91 Å². The molecule has 0 saturated carbocycles. The van der Waals surface area contributed by atoms with Crippen LogP contribution in [0.15, 0.2) is 78.9 Å². The van der Waals surface area contributed by atoms with E-state index in [1.807, 2.05) is 67.6 Å². The first-order valence-electron chi connectivity index (χ1n) is 16.6. The number of amides is 3. The van der Waals surface area contributed by atoms with Gasteiger partial charge in [-0.05, 0) is 81.9 Å². The van der Waals surface area contributed by atoms with Crippen LogP contribution < -0.4 is 16.0 Å². The van der Waals surface area contributed by atoms with Gasteiger partial charge in [0.2, 0.25) is 0 Å². The van der Waals surface area contributed by atoms with Crippen molar-refractivity contribution in [1.82, 2.24) is 30.2 Å². The largest absolute Gasteiger partial charge is 0.383 e. The smallest absolute Gasteiger partial charge is 0.320 e. The molecule has 252 valence electrons. The molecule has 2 saturated heterocycles. The lowest BCUT2D eigenvalue weighted by Crippen LogP contribution is -2.43. The van der Waals surface area contributed by atoms with Crippen LogP contribution >= 0.6 is 0 Å². The Morgan fingerprint density at radius 1 is 0.958 bits per heavy atom. The highest BCUT2D eigenvalue weighted by Crippen LogP contribution is 2.32. The number of nitrogens with zero attached hydrogens (tertiary/aromatic N) is 4. The molecule has 0 bridgehead atoms. The molecule has 2 aliphatic heterocycles. The van der Waals surface area contributed by atoms with Crippen LogP contribution in [-0.2, 0) is 4.74 Å². The Morgan fingerprint density at radius 2 is 1.71 bits per heavy atom. The van der Waals surface area contributed by atoms with Crippen molar-refractivity contribution in [3.63, 3.8) is 0 Å². The molecule has 0 spiro atoms. The molecule has 2 fully saturated rings. The van der Waals surface area contributed by atoms with Crippen molar-refractivity contribution in [2.45, 2.75) is 37.8 Å². The van der Waals surface area contributed by atoms with E-state index < -0.39 is 0 Å². The molecule has 3 amide bonds. The highest BCUT2D eigenvalue weighted by molar-refractivity contribution is 5.95. The fourth-order valence-corrected chi connectivity index (χ4v) is 6.70. The van der Waals surface area contributed by atoms with Crippen molar-refractivity contribution in [2.75, 3.05) is 58.8 Å². The quantitative estimate of drug-likeness (QED) is 0.222. The average molecular weight is 654 g/mol. The van der Waals surface area contributed by atoms with Crippen LogP contribution in [0.5, 0.6) is 0 Å². The number of halogens is 1. The molecule has 10 nitrogen and oxygen atoms in total. The molecular weight excluding hydrogens is 609 g/mol. The highest BCUT2D eigenvalue weighted by Gasteiger charge is 2.35. The highest BCUT2D eigenvalue weighted by atomic mass is 19.1. The van der Waals surface area contributed by atoms with Gasteiger partial charge in [-0.1, -0.05) is 42.5 Å². The van der Waals surface area contributed by atoms with Gasteiger partial charge in [0, 0.05) is 55.4 Å². The van der Waals surface area contributed by atoms with Crippen LogP contribution in [0, 0.1) is 12.7 Å². The van der Waals surface area contributed by atoms with Gasteiger partial charge < -0.3 is 20.3 Å². The molecule has 2 atom stereocenters. The minimum atomic E-state index is -0.373. The van der Waals surface area contributed by atoms with Crippen molar-refractivity contribution >= 4 is 17.8 Å². The van der Waals surface area contributed by atoms with E-state index in [0.717, 1.165) is 48.3 Å². The number of likely N-dealkylation sites (tertiary alicyclic amines) is 2. The number of methoxy groups -OCH3 is 1. The number of anilines is 1. The van der Waals surface area contributed by atoms with Crippen LogP contribution in [-0.4, -0.2) is 97.1 Å². The number of carbonyl (C=O) groups excluding carboxylic acids is 2. The SMILES string of the molecule is COCCN1C[C@@H](NC(=O)Nc2c(C)c(-c3ccc(C(=O)NC4CCN(C)CC4)cc3)nn2-c2ccccc2)[C@H](c2cccc(F)c2)C1. The predicted molar refractivity (Wildman–Crippen MR) is 185 cm³/mol. The summed E-state index contributed by atoms with van der Waals surface area (Å²) in [5, 5.41) is 14.4. The van der Waals surface area contributed by atoms with Crippen molar-refractivity contribution in [2.24, 2.45) is 0 Å². The van der Waals surface area contributed by atoms with E-state index in [-0.39, 0.29) is 35.8 Å². The number of hydrogen-bond acceptors (Lipinski definition) is 6. The molecule has 6 rings (SSSR count). The molecule has 48 heavy (non-hydrogen) atoms. The van der Waals surface area contributed by atoms with Crippen molar-refractivity contribution in [3.05, 3.63) is 101 Å². The van der Waals surface area contributed by atoms with Gasteiger partial charge in [0.05, 0.1) is 24.0 Å². The van der Waals surface area contributed by atoms with Gasteiger partial charge in [-0.15, -0.1) is 0 Å². The number of carbonyl (C=O) groups is 2. The second-order valence-corrected chi connectivity index (χ2v) is 12.8. The standard InChI is InChI=1S/C37H44FN7O3/c1-25-34(26-12-14-27(15-13-26)36(46)39-30-16-18-43(2)19-17-30)42-45(31-10-5-4-6-11-31)35(25)41-37(47)40-33-24-44(20-21-48-3)23-32(33)28-8-7-9-29(38)22-28/h4-15,22,30,32-33H,16-21,23-24H2,1-3H3,(H,39,46)(H2,40,41,47)/t32-,33+/m0/s1. The lowest BCUT2D eigenvalue weighted by molar-refractivity contribution is 0.0917. The average Bonchev–Trinajstić information content (AvgIpc) is 3.65. The number of rotatable bonds is 10. The zero-order chi connectivity index (χ0) is 33.6. The summed E-state index contributed by atoms with van der Waals surface area (Å²) in [5.74, 6) is 0.0706. The molecule has 2 aliphatic rings. The summed E-state index contributed by atoms with van der Waals surface area (Å²) in [6.45, 7) is 6.44. The fourth-order valence-electron chi connectivity index (χ4n) is 6.70. The summed E-state index contributed by atoms with van der Waals surface area (Å²) in [4.78, 5) is 31.2. The van der Waals surface area contributed by atoms with Crippen molar-refractivity contribution in [1.29, 1.82) is 0 Å². The van der Waals surface area contributed by atoms with E-state index in [2.05, 4.69) is 32.8 Å². The Morgan fingerprint density at radius 3 is 2.42 bits per heavy atom. The Labute approximate surface area is 281 Å². The molecule has 3 aromatic carbocycles. The third-order valence-electron chi connectivity index (χ3n) is 9.43. The Hall–Kier alpha value is -4.58. The normalized spacial score (nSPS) is 18.9. The number of para-hydroxylation sites is 1. The number of nitrogens with one attached hydrogen (secondary N) is 3. The van der Waals surface area contributed by atoms with Crippen LogP contribution in [0.4, 0.5) is 15.0 Å². The number of urea groups is 1. The maximum atomic E-state index is 14.2. The monoisotopic (exact) mass is 653 g/mol. The molecule has 3 heterocycles. The Balaban J connectivity index is 1.22. The molecule has 1 aromatic heterocycles. The zero-order valence-electron chi connectivity index (χ0n) is 27.8. The molecule has 11 heteroatoms. The Kier molecular flexibility index (Phi) is 10.5. The molecular formula is C37H44FN7O3. The van der Waals surface area contributed by atoms with E-state index in [1.54, 1.807) is 23.9 Å². The summed E-state index contributed by atoms with van der Waals surface area (Å²) < 4.78 is 21.2. The number of aromatic nitrogens is 2. The van der Waals surface area contributed by atoms with Gasteiger partial charge in [0.1, 0.15) is 11.6 Å². The van der Waals surface area contributed by atoms with E-state index in [0.29, 0.717) is 43.3 Å². The molecule has 0 aliphatic carbocycles. The maximum absolute atomic E-state index is 14.2. The van der Waals surface area contributed by atoms with Crippen LogP contribution in [0.25, 0.3) is 16.9 Å². The van der Waals surface area contributed by atoms with Crippen LogP contribution in [0.1, 0.15) is 40.2 Å². The summed E-state index contributed by atoms with van der Waals surface area (Å²) >= 11 is 0. The minimum Gasteiger partial charge on any atom is -0.383 e. The van der Waals surface area contributed by atoms with Gasteiger partial charge in [-0.25, -0.2) is 13.9 Å². The maximum Gasteiger partial charge on any atom is 0.320 e. The third kappa shape index (κ3) is 7.75. The predicted octanol–water partition coefficient (Wildman–Crippen LogP) is 5.05. The topological polar surface area (TPSA) is 104 Å². The first-order valence-corrected chi connectivity index (χ1v) is 16.6. The first kappa shape index (κ1) is 33.3. The lowest BCUT2D eigenvalue weighted by Gasteiger charge is -2.29. The number of hydrogen-bond donors (Lipinski definition) is 3. The molecule has 0 unspecified atom stereocenters. The van der Waals surface area contributed by atoms with E-state index in [9.17, 15) is 14.0 Å². The second kappa shape index (κ2) is 15.1. The summed E-state index contributed by atoms with van der Waals surface area (Å²) in [6.07, 6.45) is 1.89. The van der Waals surface area contributed by atoms with Crippen molar-refractivity contribution in [3.8, 4) is 16.9 Å².